The lowest BCUT2D eigenvalue weighted by molar-refractivity contribution is -0.173. The SMILES string of the molecule is CCO[C@@H]1OC(C(=O)O)=C[C@H](c2cccs2)[C@H]1CCCO. The number of rotatable bonds is 7. The second-order valence-electron chi connectivity index (χ2n) is 4.85. The van der Waals surface area contributed by atoms with Gasteiger partial charge in [0.1, 0.15) is 0 Å². The van der Waals surface area contributed by atoms with E-state index in [9.17, 15) is 9.90 Å². The number of aliphatic carboxylic acids is 1. The van der Waals surface area contributed by atoms with Crippen molar-refractivity contribution in [3.05, 3.63) is 34.2 Å². The van der Waals surface area contributed by atoms with Crippen LogP contribution in [0.3, 0.4) is 0 Å². The average molecular weight is 312 g/mol. The van der Waals surface area contributed by atoms with E-state index in [1.807, 2.05) is 24.4 Å². The second kappa shape index (κ2) is 7.59. The predicted octanol–water partition coefficient (Wildman–Crippen LogP) is 2.58. The van der Waals surface area contributed by atoms with Crippen LogP contribution in [0.4, 0.5) is 0 Å². The van der Waals surface area contributed by atoms with Gasteiger partial charge in [0.25, 0.3) is 0 Å². The molecule has 0 saturated carbocycles. The largest absolute Gasteiger partial charge is 0.475 e. The molecule has 0 spiro atoms. The molecule has 0 radical (unpaired) electrons. The first-order valence-electron chi connectivity index (χ1n) is 7.05. The highest BCUT2D eigenvalue weighted by Crippen LogP contribution is 2.40. The monoisotopic (exact) mass is 312 g/mol. The number of allylic oxidation sites excluding steroid dienone is 1. The number of thiophene rings is 1. The fourth-order valence-corrected chi connectivity index (χ4v) is 3.44. The Morgan fingerprint density at radius 1 is 1.52 bits per heavy atom. The molecule has 0 fully saturated rings. The van der Waals surface area contributed by atoms with Crippen LogP contribution in [0.1, 0.15) is 30.6 Å². The van der Waals surface area contributed by atoms with Gasteiger partial charge in [-0.15, -0.1) is 11.3 Å². The molecule has 116 valence electrons. The third-order valence-electron chi connectivity index (χ3n) is 3.49. The molecule has 6 heteroatoms. The first kappa shape index (κ1) is 16.0. The second-order valence-corrected chi connectivity index (χ2v) is 5.83. The molecule has 0 unspecified atom stereocenters. The van der Waals surface area contributed by atoms with Gasteiger partial charge >= 0.3 is 5.97 Å². The van der Waals surface area contributed by atoms with E-state index in [1.54, 1.807) is 17.4 Å². The van der Waals surface area contributed by atoms with E-state index >= 15 is 0 Å². The van der Waals surface area contributed by atoms with Gasteiger partial charge in [-0.2, -0.15) is 0 Å². The Balaban J connectivity index is 2.32. The third-order valence-corrected chi connectivity index (χ3v) is 4.47. The Hall–Kier alpha value is -1.37. The van der Waals surface area contributed by atoms with Crippen molar-refractivity contribution in [2.24, 2.45) is 5.92 Å². The molecular formula is C15H20O5S. The molecule has 1 aromatic rings. The Morgan fingerprint density at radius 3 is 2.90 bits per heavy atom. The van der Waals surface area contributed by atoms with Crippen molar-refractivity contribution in [1.29, 1.82) is 0 Å². The van der Waals surface area contributed by atoms with Gasteiger partial charge in [0.2, 0.25) is 12.0 Å². The van der Waals surface area contributed by atoms with E-state index < -0.39 is 12.3 Å². The zero-order valence-electron chi connectivity index (χ0n) is 11.9. The van der Waals surface area contributed by atoms with Crippen molar-refractivity contribution in [1.82, 2.24) is 0 Å². The smallest absolute Gasteiger partial charge is 0.370 e. The van der Waals surface area contributed by atoms with E-state index in [0.717, 1.165) is 4.88 Å². The predicted molar refractivity (Wildman–Crippen MR) is 79.1 cm³/mol. The summed E-state index contributed by atoms with van der Waals surface area (Å²) in [5.41, 5.74) is 0. The van der Waals surface area contributed by atoms with Crippen molar-refractivity contribution in [2.45, 2.75) is 32.0 Å². The van der Waals surface area contributed by atoms with Crippen molar-refractivity contribution in [2.75, 3.05) is 13.2 Å². The minimum Gasteiger partial charge on any atom is -0.475 e. The minimum absolute atomic E-state index is 0.00106. The number of carboxylic acids is 1. The van der Waals surface area contributed by atoms with Gasteiger partial charge in [0, 0.05) is 29.9 Å². The normalized spacial score (nSPS) is 25.2. The summed E-state index contributed by atoms with van der Waals surface area (Å²) in [5, 5.41) is 20.3. The topological polar surface area (TPSA) is 76.0 Å². The highest BCUT2D eigenvalue weighted by Gasteiger charge is 2.38. The first-order chi connectivity index (χ1) is 10.2. The van der Waals surface area contributed by atoms with E-state index in [1.165, 1.54) is 0 Å². The van der Waals surface area contributed by atoms with Crippen LogP contribution in [-0.4, -0.2) is 35.7 Å². The molecule has 2 heterocycles. The minimum atomic E-state index is -1.08. The summed E-state index contributed by atoms with van der Waals surface area (Å²) in [5.74, 6) is -1.21. The lowest BCUT2D eigenvalue weighted by Gasteiger charge is -2.35. The number of aliphatic hydroxyl groups is 1. The number of hydrogen-bond donors (Lipinski definition) is 2. The van der Waals surface area contributed by atoms with Crippen molar-refractivity contribution in [3.8, 4) is 0 Å². The first-order valence-corrected chi connectivity index (χ1v) is 7.93. The van der Waals surface area contributed by atoms with Crippen LogP contribution in [0, 0.1) is 5.92 Å². The van der Waals surface area contributed by atoms with Crippen LogP contribution in [0.2, 0.25) is 0 Å². The van der Waals surface area contributed by atoms with Gasteiger partial charge in [-0.25, -0.2) is 4.79 Å². The number of carboxylic acid groups (broad SMARTS) is 1. The van der Waals surface area contributed by atoms with Gasteiger partial charge in [-0.1, -0.05) is 6.07 Å². The van der Waals surface area contributed by atoms with Gasteiger partial charge in [0.15, 0.2) is 0 Å². The summed E-state index contributed by atoms with van der Waals surface area (Å²) in [7, 11) is 0. The highest BCUT2D eigenvalue weighted by molar-refractivity contribution is 7.10. The Labute approximate surface area is 127 Å². The number of hydrogen-bond acceptors (Lipinski definition) is 5. The highest BCUT2D eigenvalue weighted by atomic mass is 32.1. The number of ether oxygens (including phenoxy) is 2. The summed E-state index contributed by atoms with van der Waals surface area (Å²) in [6.07, 6.45) is 2.42. The van der Waals surface area contributed by atoms with E-state index in [2.05, 4.69) is 0 Å². The molecule has 2 rings (SSSR count). The molecule has 0 bridgehead atoms. The molecule has 0 amide bonds. The Bertz CT molecular complexity index is 482. The summed E-state index contributed by atoms with van der Waals surface area (Å²) < 4.78 is 11.1. The fraction of sp³-hybridized carbons (Fsp3) is 0.533. The summed E-state index contributed by atoms with van der Waals surface area (Å²) in [4.78, 5) is 12.3. The van der Waals surface area contributed by atoms with Crippen LogP contribution < -0.4 is 0 Å². The average Bonchev–Trinajstić information content (AvgIpc) is 2.99. The molecule has 1 aromatic heterocycles. The number of carbonyl (C=O) groups is 1. The lowest BCUT2D eigenvalue weighted by Crippen LogP contribution is -2.36. The summed E-state index contributed by atoms with van der Waals surface area (Å²) >= 11 is 1.59. The van der Waals surface area contributed by atoms with Gasteiger partial charge < -0.3 is 19.7 Å². The summed E-state index contributed by atoms with van der Waals surface area (Å²) in [6.45, 7) is 2.40. The maximum atomic E-state index is 11.3. The van der Waals surface area contributed by atoms with Crippen LogP contribution in [0.25, 0.3) is 0 Å². The molecular weight excluding hydrogens is 292 g/mol. The molecule has 0 aliphatic carbocycles. The maximum absolute atomic E-state index is 11.3. The molecule has 5 nitrogen and oxygen atoms in total. The maximum Gasteiger partial charge on any atom is 0.370 e. The van der Waals surface area contributed by atoms with Gasteiger partial charge in [0.05, 0.1) is 0 Å². The van der Waals surface area contributed by atoms with Crippen molar-refractivity contribution in [3.63, 3.8) is 0 Å². The third kappa shape index (κ3) is 3.84. The standard InChI is InChI=1S/C15H20O5S/c1-2-19-15-10(5-3-7-16)11(13-6-4-8-21-13)9-12(20-15)14(17)18/h4,6,8-11,15-16H,2-3,5,7H2,1H3,(H,17,18)/t10-,11+,15-/m1/s1. The van der Waals surface area contributed by atoms with E-state index in [-0.39, 0.29) is 24.2 Å². The van der Waals surface area contributed by atoms with Crippen molar-refractivity contribution < 1.29 is 24.5 Å². The van der Waals surface area contributed by atoms with Crippen LogP contribution in [0.15, 0.2) is 29.3 Å². The van der Waals surface area contributed by atoms with Crippen LogP contribution in [-0.2, 0) is 14.3 Å². The number of aliphatic hydroxyl groups excluding tert-OH is 1. The molecule has 0 aromatic carbocycles. The molecule has 2 N–H and O–H groups in total. The molecule has 0 saturated heterocycles. The van der Waals surface area contributed by atoms with E-state index in [4.69, 9.17) is 14.6 Å². The van der Waals surface area contributed by atoms with Crippen LogP contribution >= 0.6 is 11.3 Å². The van der Waals surface area contributed by atoms with Gasteiger partial charge in [-0.05, 0) is 37.3 Å². The quantitative estimate of drug-likeness (QED) is 0.809. The Morgan fingerprint density at radius 2 is 2.33 bits per heavy atom. The zero-order chi connectivity index (χ0) is 15.2. The van der Waals surface area contributed by atoms with Crippen LogP contribution in [0.5, 0.6) is 0 Å². The fourth-order valence-electron chi connectivity index (χ4n) is 2.57. The van der Waals surface area contributed by atoms with Gasteiger partial charge in [-0.3, -0.25) is 0 Å². The summed E-state index contributed by atoms with van der Waals surface area (Å²) in [6, 6.07) is 3.94. The Kier molecular flexibility index (Phi) is 5.78. The van der Waals surface area contributed by atoms with Crippen molar-refractivity contribution >= 4 is 17.3 Å². The molecule has 21 heavy (non-hydrogen) atoms. The molecule has 3 atom stereocenters. The van der Waals surface area contributed by atoms with E-state index in [0.29, 0.717) is 19.4 Å². The molecule has 1 aliphatic heterocycles. The zero-order valence-corrected chi connectivity index (χ0v) is 12.7. The lowest BCUT2D eigenvalue weighted by atomic mass is 9.84. The molecule has 1 aliphatic rings.